The molecule has 1 N–H and O–H groups in total. The van der Waals surface area contributed by atoms with Crippen LogP contribution in [0.15, 0.2) is 0 Å². The van der Waals surface area contributed by atoms with Gasteiger partial charge in [-0.25, -0.2) is 0 Å². The molecule has 0 spiro atoms. The van der Waals surface area contributed by atoms with Crippen molar-refractivity contribution in [3.8, 4) is 6.07 Å². The molecule has 0 radical (unpaired) electrons. The lowest BCUT2D eigenvalue weighted by molar-refractivity contribution is -0.130. The fourth-order valence-corrected chi connectivity index (χ4v) is 2.84. The van der Waals surface area contributed by atoms with Gasteiger partial charge in [-0.15, -0.1) is 0 Å². The maximum atomic E-state index is 12.1. The van der Waals surface area contributed by atoms with Crippen molar-refractivity contribution in [3.05, 3.63) is 0 Å². The van der Waals surface area contributed by atoms with E-state index >= 15 is 0 Å². The Hall–Kier alpha value is -1.08. The van der Waals surface area contributed by atoms with Crippen LogP contribution in [0.25, 0.3) is 0 Å². The Bertz CT molecular complexity index is 324. The molecule has 4 nitrogen and oxygen atoms in total. The van der Waals surface area contributed by atoms with Crippen molar-refractivity contribution < 1.29 is 4.79 Å². The van der Waals surface area contributed by atoms with E-state index in [2.05, 4.69) is 25.2 Å². The molecule has 0 aromatic heterocycles. The van der Waals surface area contributed by atoms with Gasteiger partial charge in [-0.3, -0.25) is 4.79 Å². The van der Waals surface area contributed by atoms with Crippen molar-refractivity contribution in [2.45, 2.75) is 52.5 Å². The number of carbonyl (C=O) groups is 1. The van der Waals surface area contributed by atoms with Gasteiger partial charge in [0.1, 0.15) is 0 Å². The van der Waals surface area contributed by atoms with Gasteiger partial charge >= 0.3 is 0 Å². The lowest BCUT2D eigenvalue weighted by Gasteiger charge is -2.35. The van der Waals surface area contributed by atoms with Crippen LogP contribution in [0.1, 0.15) is 46.5 Å². The van der Waals surface area contributed by atoms with Gasteiger partial charge in [-0.05, 0) is 25.2 Å². The van der Waals surface area contributed by atoms with Crippen molar-refractivity contribution >= 4 is 5.91 Å². The van der Waals surface area contributed by atoms with Gasteiger partial charge in [0.25, 0.3) is 0 Å². The van der Waals surface area contributed by atoms with Gasteiger partial charge in [0, 0.05) is 19.1 Å². The van der Waals surface area contributed by atoms with Crippen molar-refractivity contribution in [1.29, 1.82) is 5.26 Å². The van der Waals surface area contributed by atoms with E-state index in [1.807, 2.05) is 6.92 Å². The molecule has 0 aliphatic heterocycles. The number of amides is 1. The normalized spacial score (nSPS) is 26.7. The maximum Gasteiger partial charge on any atom is 0.236 e. The summed E-state index contributed by atoms with van der Waals surface area (Å²) in [6.07, 6.45) is 4.14. The lowest BCUT2D eigenvalue weighted by Crippen LogP contribution is -2.46. The first-order chi connectivity index (χ1) is 9.10. The first-order valence-electron chi connectivity index (χ1n) is 7.48. The van der Waals surface area contributed by atoms with Crippen molar-refractivity contribution in [2.75, 3.05) is 19.6 Å². The number of hydrogen-bond acceptors (Lipinski definition) is 3. The third-order valence-electron chi connectivity index (χ3n) is 4.45. The summed E-state index contributed by atoms with van der Waals surface area (Å²) in [5.74, 6) is 1.49. The molecule has 0 aromatic rings. The summed E-state index contributed by atoms with van der Waals surface area (Å²) in [4.78, 5) is 13.8. The average Bonchev–Trinajstić information content (AvgIpc) is 2.41. The number of hydrogen-bond donors (Lipinski definition) is 1. The van der Waals surface area contributed by atoms with Crippen LogP contribution in [-0.2, 0) is 4.79 Å². The highest BCUT2D eigenvalue weighted by atomic mass is 16.2. The zero-order chi connectivity index (χ0) is 14.3. The Kier molecular flexibility index (Phi) is 6.86. The smallest absolute Gasteiger partial charge is 0.236 e. The summed E-state index contributed by atoms with van der Waals surface area (Å²) in [6, 6.07) is 2.55. The van der Waals surface area contributed by atoms with Crippen LogP contribution in [0.4, 0.5) is 0 Å². The average molecular weight is 265 g/mol. The molecule has 1 fully saturated rings. The minimum absolute atomic E-state index is 0.114. The highest BCUT2D eigenvalue weighted by Gasteiger charge is 2.27. The summed E-state index contributed by atoms with van der Waals surface area (Å²) in [6.45, 7) is 8.16. The van der Waals surface area contributed by atoms with E-state index in [0.717, 1.165) is 5.92 Å². The van der Waals surface area contributed by atoms with Crippen LogP contribution >= 0.6 is 0 Å². The van der Waals surface area contributed by atoms with Gasteiger partial charge < -0.3 is 10.2 Å². The van der Waals surface area contributed by atoms with Gasteiger partial charge in [0.15, 0.2) is 0 Å². The molecule has 0 saturated heterocycles. The van der Waals surface area contributed by atoms with Crippen molar-refractivity contribution in [3.63, 3.8) is 0 Å². The quantitative estimate of drug-likeness (QED) is 0.800. The number of carbonyl (C=O) groups excluding carboxylic acids is 1. The molecule has 4 heteroatoms. The molecule has 108 valence electrons. The number of nitrogens with zero attached hydrogens (tertiary/aromatic N) is 2. The molecule has 1 aliphatic rings. The molecule has 3 atom stereocenters. The molecule has 1 rings (SSSR count). The Morgan fingerprint density at radius 3 is 2.79 bits per heavy atom. The largest absolute Gasteiger partial charge is 0.341 e. The number of rotatable bonds is 6. The third-order valence-corrected chi connectivity index (χ3v) is 4.45. The van der Waals surface area contributed by atoms with Crippen LogP contribution in [0, 0.1) is 23.2 Å². The van der Waals surface area contributed by atoms with Crippen LogP contribution in [0.5, 0.6) is 0 Å². The summed E-state index contributed by atoms with van der Waals surface area (Å²) < 4.78 is 0. The molecule has 0 unspecified atom stereocenters. The lowest BCUT2D eigenvalue weighted by atomic mass is 9.78. The van der Waals surface area contributed by atoms with Gasteiger partial charge in [0.05, 0.1) is 19.0 Å². The fraction of sp³-hybridized carbons (Fsp3) is 0.867. The highest BCUT2D eigenvalue weighted by Crippen LogP contribution is 2.29. The van der Waals surface area contributed by atoms with Gasteiger partial charge in [0.2, 0.25) is 5.91 Å². The van der Waals surface area contributed by atoms with Crippen LogP contribution in [-0.4, -0.2) is 36.5 Å². The number of likely N-dealkylation sites (N-methyl/N-ethyl adjacent to an activating group) is 1. The second kappa shape index (κ2) is 8.16. The zero-order valence-corrected chi connectivity index (χ0v) is 12.5. The second-order valence-corrected chi connectivity index (χ2v) is 5.64. The Labute approximate surface area is 117 Å². The number of nitrogens with one attached hydrogen (secondary N) is 1. The van der Waals surface area contributed by atoms with Gasteiger partial charge in [-0.1, -0.05) is 26.7 Å². The summed E-state index contributed by atoms with van der Waals surface area (Å²) in [5.41, 5.74) is 0. The van der Waals surface area contributed by atoms with Gasteiger partial charge in [-0.2, -0.15) is 5.26 Å². The van der Waals surface area contributed by atoms with Crippen molar-refractivity contribution in [1.82, 2.24) is 10.2 Å². The minimum Gasteiger partial charge on any atom is -0.341 e. The second-order valence-electron chi connectivity index (χ2n) is 5.64. The first-order valence-corrected chi connectivity index (χ1v) is 7.48. The predicted octanol–water partition coefficient (Wildman–Crippen LogP) is 2.16. The van der Waals surface area contributed by atoms with Crippen LogP contribution in [0.2, 0.25) is 0 Å². The van der Waals surface area contributed by atoms with Crippen LogP contribution < -0.4 is 5.32 Å². The van der Waals surface area contributed by atoms with E-state index in [0.29, 0.717) is 38.0 Å². The standard InChI is InChI=1S/C15H27N3O/c1-4-18(10-6-9-16)15(19)11-17-14-8-5-7-12(2)13(14)3/h12-14,17H,4-8,10-11H2,1-3H3/t12-,13-,14+/m0/s1. The Morgan fingerprint density at radius 2 is 2.16 bits per heavy atom. The molecule has 1 amide bonds. The third kappa shape index (κ3) is 4.83. The van der Waals surface area contributed by atoms with E-state index in [1.165, 1.54) is 19.3 Å². The topological polar surface area (TPSA) is 56.1 Å². The molecular formula is C15H27N3O. The fourth-order valence-electron chi connectivity index (χ4n) is 2.84. The molecular weight excluding hydrogens is 238 g/mol. The minimum atomic E-state index is 0.114. The SMILES string of the molecule is CCN(CCC#N)C(=O)CN[C@@H]1CCC[C@H](C)[C@@H]1C. The molecule has 0 heterocycles. The predicted molar refractivity (Wildman–Crippen MR) is 76.5 cm³/mol. The van der Waals surface area contributed by atoms with Crippen LogP contribution in [0.3, 0.4) is 0 Å². The van der Waals surface area contributed by atoms with E-state index in [4.69, 9.17) is 5.26 Å². The molecule has 1 aliphatic carbocycles. The number of nitriles is 1. The molecule has 1 saturated carbocycles. The first kappa shape index (κ1) is 16.0. The summed E-state index contributed by atoms with van der Waals surface area (Å²) in [5, 5.41) is 12.0. The Balaban J connectivity index is 2.38. The van der Waals surface area contributed by atoms with Crippen molar-refractivity contribution in [2.24, 2.45) is 11.8 Å². The molecule has 0 bridgehead atoms. The van der Waals surface area contributed by atoms with E-state index in [9.17, 15) is 4.79 Å². The highest BCUT2D eigenvalue weighted by molar-refractivity contribution is 5.78. The zero-order valence-electron chi connectivity index (χ0n) is 12.5. The van der Waals surface area contributed by atoms with E-state index in [-0.39, 0.29) is 5.91 Å². The molecule has 19 heavy (non-hydrogen) atoms. The summed E-state index contributed by atoms with van der Waals surface area (Å²) >= 11 is 0. The Morgan fingerprint density at radius 1 is 1.42 bits per heavy atom. The van der Waals surface area contributed by atoms with E-state index in [1.54, 1.807) is 4.90 Å². The maximum absolute atomic E-state index is 12.1. The van der Waals surface area contributed by atoms with E-state index < -0.39 is 0 Å². The molecule has 0 aromatic carbocycles. The summed E-state index contributed by atoms with van der Waals surface area (Å²) in [7, 11) is 0. The monoisotopic (exact) mass is 265 g/mol.